The van der Waals surface area contributed by atoms with E-state index in [0.717, 1.165) is 25.9 Å². The Labute approximate surface area is 122 Å². The van der Waals surface area contributed by atoms with Gasteiger partial charge in [0.25, 0.3) is 0 Å². The minimum atomic E-state index is 0.0485. The van der Waals surface area contributed by atoms with Gasteiger partial charge in [0.1, 0.15) is 5.65 Å². The van der Waals surface area contributed by atoms with Crippen molar-refractivity contribution >= 4 is 44.1 Å². The molecule has 0 aliphatic carbocycles. The van der Waals surface area contributed by atoms with Crippen molar-refractivity contribution in [3.63, 3.8) is 0 Å². The molecule has 0 unspecified atom stereocenters. The summed E-state index contributed by atoms with van der Waals surface area (Å²) < 4.78 is 0.868. The lowest BCUT2D eigenvalue weighted by Gasteiger charge is -1.96. The Kier molecular flexibility index (Phi) is 3.03. The van der Waals surface area contributed by atoms with Gasteiger partial charge in [0.05, 0.1) is 10.4 Å². The maximum absolute atomic E-state index is 12.5. The summed E-state index contributed by atoms with van der Waals surface area (Å²) in [6, 6.07) is 3.87. The Hall–Kier alpha value is -1.46. The second-order valence-electron chi connectivity index (χ2n) is 4.43. The van der Waals surface area contributed by atoms with E-state index in [1.54, 1.807) is 12.4 Å². The van der Waals surface area contributed by atoms with Crippen LogP contribution in [0.4, 0.5) is 0 Å². The Morgan fingerprint density at radius 2 is 2.16 bits per heavy atom. The van der Waals surface area contributed by atoms with E-state index in [0.29, 0.717) is 5.56 Å². The molecule has 0 fully saturated rings. The number of aryl methyl sites for hydroxylation is 2. The second-order valence-corrected chi connectivity index (χ2v) is 6.60. The highest BCUT2D eigenvalue weighted by Gasteiger charge is 2.17. The molecule has 0 spiro atoms. The molecule has 0 amide bonds. The van der Waals surface area contributed by atoms with Crippen LogP contribution in [0.5, 0.6) is 0 Å². The van der Waals surface area contributed by atoms with Gasteiger partial charge in [-0.25, -0.2) is 4.98 Å². The van der Waals surface area contributed by atoms with Crippen LogP contribution in [-0.4, -0.2) is 15.8 Å². The van der Waals surface area contributed by atoms with E-state index in [2.05, 4.69) is 25.9 Å². The van der Waals surface area contributed by atoms with E-state index < -0.39 is 0 Å². The number of pyridine rings is 1. The number of rotatable bonds is 2. The van der Waals surface area contributed by atoms with Crippen molar-refractivity contribution in [3.8, 4) is 0 Å². The van der Waals surface area contributed by atoms with Gasteiger partial charge in [0.15, 0.2) is 0 Å². The molecule has 0 bridgehead atoms. The molecule has 3 heterocycles. The first-order valence-electron chi connectivity index (χ1n) is 5.80. The van der Waals surface area contributed by atoms with Crippen molar-refractivity contribution in [3.05, 3.63) is 49.9 Å². The highest BCUT2D eigenvalue weighted by Crippen LogP contribution is 2.27. The molecule has 0 atom stereocenters. The van der Waals surface area contributed by atoms with E-state index >= 15 is 0 Å². The monoisotopic (exact) mass is 334 g/mol. The number of carbonyl (C=O) groups is 1. The van der Waals surface area contributed by atoms with Crippen LogP contribution in [0.2, 0.25) is 0 Å². The van der Waals surface area contributed by atoms with E-state index in [1.165, 1.54) is 16.2 Å². The van der Waals surface area contributed by atoms with Crippen molar-refractivity contribution in [2.75, 3.05) is 0 Å². The van der Waals surface area contributed by atoms with Crippen LogP contribution in [0.25, 0.3) is 11.0 Å². The first kappa shape index (κ1) is 12.6. The SMILES string of the molecule is Cc1cc(C(=O)c2c[nH]c3ncc(Br)cc23)sc1C. The van der Waals surface area contributed by atoms with E-state index in [-0.39, 0.29) is 5.78 Å². The predicted molar refractivity (Wildman–Crippen MR) is 81.0 cm³/mol. The molecule has 3 aromatic heterocycles. The number of carbonyl (C=O) groups excluding carboxylic acids is 1. The molecule has 96 valence electrons. The highest BCUT2D eigenvalue weighted by atomic mass is 79.9. The fourth-order valence-electron chi connectivity index (χ4n) is 1.98. The Bertz CT molecular complexity index is 768. The number of hydrogen-bond donors (Lipinski definition) is 1. The van der Waals surface area contributed by atoms with Crippen LogP contribution in [0.1, 0.15) is 25.7 Å². The van der Waals surface area contributed by atoms with Gasteiger partial charge in [-0.05, 0) is 47.5 Å². The summed E-state index contributed by atoms with van der Waals surface area (Å²) in [5.41, 5.74) is 2.56. The first-order chi connectivity index (χ1) is 9.06. The largest absolute Gasteiger partial charge is 0.345 e. The van der Waals surface area contributed by atoms with Crippen molar-refractivity contribution in [1.29, 1.82) is 0 Å². The summed E-state index contributed by atoms with van der Waals surface area (Å²) in [6.45, 7) is 4.06. The van der Waals surface area contributed by atoms with Crippen LogP contribution < -0.4 is 0 Å². The smallest absolute Gasteiger partial charge is 0.205 e. The van der Waals surface area contributed by atoms with Gasteiger partial charge in [-0.1, -0.05) is 0 Å². The van der Waals surface area contributed by atoms with Gasteiger partial charge < -0.3 is 4.98 Å². The number of halogens is 1. The average molecular weight is 335 g/mol. The number of nitrogens with one attached hydrogen (secondary N) is 1. The third-order valence-corrected chi connectivity index (χ3v) is 4.72. The maximum atomic E-state index is 12.5. The molecule has 1 N–H and O–H groups in total. The van der Waals surface area contributed by atoms with Gasteiger partial charge in [0.2, 0.25) is 5.78 Å². The van der Waals surface area contributed by atoms with Crippen molar-refractivity contribution in [1.82, 2.24) is 9.97 Å². The topological polar surface area (TPSA) is 45.8 Å². The fourth-order valence-corrected chi connectivity index (χ4v) is 3.30. The molecule has 0 aliphatic rings. The lowest BCUT2D eigenvalue weighted by atomic mass is 10.1. The Balaban J connectivity index is 2.13. The van der Waals surface area contributed by atoms with Gasteiger partial charge in [-0.2, -0.15) is 0 Å². The second kappa shape index (κ2) is 4.58. The molecule has 0 saturated carbocycles. The molecule has 5 heteroatoms. The summed E-state index contributed by atoms with van der Waals surface area (Å²) in [7, 11) is 0. The van der Waals surface area contributed by atoms with E-state index in [4.69, 9.17) is 0 Å². The zero-order chi connectivity index (χ0) is 13.6. The first-order valence-corrected chi connectivity index (χ1v) is 7.41. The van der Waals surface area contributed by atoms with Crippen molar-refractivity contribution in [2.24, 2.45) is 0 Å². The summed E-state index contributed by atoms with van der Waals surface area (Å²) >= 11 is 4.93. The van der Waals surface area contributed by atoms with Crippen LogP contribution in [-0.2, 0) is 0 Å². The van der Waals surface area contributed by atoms with E-state index in [9.17, 15) is 4.79 Å². The summed E-state index contributed by atoms with van der Waals surface area (Å²) in [6.07, 6.45) is 3.45. The number of ketones is 1. The molecule has 19 heavy (non-hydrogen) atoms. The number of aromatic amines is 1. The lowest BCUT2D eigenvalue weighted by Crippen LogP contribution is -1.97. The predicted octanol–water partition coefficient (Wildman–Crippen LogP) is 4.23. The molecular weight excluding hydrogens is 324 g/mol. The third-order valence-electron chi connectivity index (χ3n) is 3.13. The van der Waals surface area contributed by atoms with Gasteiger partial charge in [-0.3, -0.25) is 4.79 Å². The van der Waals surface area contributed by atoms with Crippen molar-refractivity contribution in [2.45, 2.75) is 13.8 Å². The summed E-state index contributed by atoms with van der Waals surface area (Å²) in [4.78, 5) is 21.8. The van der Waals surface area contributed by atoms with Gasteiger partial charge in [-0.15, -0.1) is 11.3 Å². The molecule has 0 aliphatic heterocycles. The molecule has 3 aromatic rings. The number of H-pyrrole nitrogens is 1. The maximum Gasteiger partial charge on any atom is 0.205 e. The third kappa shape index (κ3) is 2.13. The summed E-state index contributed by atoms with van der Waals surface area (Å²) in [5.74, 6) is 0.0485. The standard InChI is InChI=1S/C14H11BrN2OS/c1-7-3-12(19-8(7)2)13(18)11-6-17-14-10(11)4-9(15)5-16-14/h3-6H,1-2H3,(H,16,17). The summed E-state index contributed by atoms with van der Waals surface area (Å²) in [5, 5.41) is 0.850. The molecule has 3 nitrogen and oxygen atoms in total. The van der Waals surface area contributed by atoms with Crippen LogP contribution in [0, 0.1) is 13.8 Å². The van der Waals surface area contributed by atoms with Gasteiger partial charge in [0, 0.05) is 27.1 Å². The average Bonchev–Trinajstić information content (AvgIpc) is 2.93. The van der Waals surface area contributed by atoms with E-state index in [1.807, 2.05) is 26.0 Å². The minimum absolute atomic E-state index is 0.0485. The van der Waals surface area contributed by atoms with Crippen molar-refractivity contribution < 1.29 is 4.79 Å². The number of fused-ring (bicyclic) bond motifs is 1. The number of nitrogens with zero attached hydrogens (tertiary/aromatic N) is 1. The number of hydrogen-bond acceptors (Lipinski definition) is 3. The lowest BCUT2D eigenvalue weighted by molar-refractivity contribution is 0.104. The van der Waals surface area contributed by atoms with Crippen LogP contribution >= 0.6 is 27.3 Å². The molecule has 0 aromatic carbocycles. The van der Waals surface area contributed by atoms with Gasteiger partial charge >= 0.3 is 0 Å². The molecule has 3 rings (SSSR count). The quantitative estimate of drug-likeness (QED) is 0.712. The molecular formula is C14H11BrN2OS. The minimum Gasteiger partial charge on any atom is -0.345 e. The highest BCUT2D eigenvalue weighted by molar-refractivity contribution is 9.10. The van der Waals surface area contributed by atoms with Crippen LogP contribution in [0.15, 0.2) is 29.0 Å². The number of thiophene rings is 1. The fraction of sp³-hybridized carbons (Fsp3) is 0.143. The number of aromatic nitrogens is 2. The molecule has 0 radical (unpaired) electrons. The zero-order valence-electron chi connectivity index (χ0n) is 10.5. The van der Waals surface area contributed by atoms with Crippen LogP contribution in [0.3, 0.4) is 0 Å². The molecule has 0 saturated heterocycles. The Morgan fingerprint density at radius 3 is 2.84 bits per heavy atom. The zero-order valence-corrected chi connectivity index (χ0v) is 12.9. The Morgan fingerprint density at radius 1 is 1.37 bits per heavy atom. The normalized spacial score (nSPS) is 11.1.